The Balaban J connectivity index is 2.42. The lowest BCUT2D eigenvalue weighted by molar-refractivity contribution is 0.0696. The maximum atomic E-state index is 12.6. The summed E-state index contributed by atoms with van der Waals surface area (Å²) in [6, 6.07) is 9.86. The summed E-state index contributed by atoms with van der Waals surface area (Å²) < 4.78 is 27.6. The third-order valence-corrected chi connectivity index (χ3v) is 5.18. The van der Waals surface area contributed by atoms with Gasteiger partial charge < -0.3 is 5.11 Å². The predicted octanol–water partition coefficient (Wildman–Crippen LogP) is 3.36. The molecule has 0 amide bonds. The van der Waals surface area contributed by atoms with Gasteiger partial charge in [-0.05, 0) is 55.2 Å². The van der Waals surface area contributed by atoms with Gasteiger partial charge in [0, 0.05) is 5.69 Å². The van der Waals surface area contributed by atoms with Crippen LogP contribution in [-0.4, -0.2) is 19.5 Å². The second-order valence-corrected chi connectivity index (χ2v) is 7.04. The monoisotopic (exact) mass is 333 g/mol. The van der Waals surface area contributed by atoms with E-state index in [1.54, 1.807) is 32.0 Å². The highest BCUT2D eigenvalue weighted by molar-refractivity contribution is 7.92. The van der Waals surface area contributed by atoms with Crippen LogP contribution >= 0.6 is 0 Å². The Labute approximate surface area is 136 Å². The Morgan fingerprint density at radius 2 is 1.70 bits per heavy atom. The Morgan fingerprint density at radius 3 is 2.22 bits per heavy atom. The van der Waals surface area contributed by atoms with Crippen LogP contribution in [0, 0.1) is 13.8 Å². The number of aromatic carboxylic acids is 1. The average Bonchev–Trinajstić information content (AvgIpc) is 2.46. The van der Waals surface area contributed by atoms with Crippen LogP contribution in [0.5, 0.6) is 0 Å². The molecule has 5 nitrogen and oxygen atoms in total. The molecule has 2 aromatic rings. The Morgan fingerprint density at radius 1 is 1.09 bits per heavy atom. The molecule has 0 radical (unpaired) electrons. The van der Waals surface area contributed by atoms with E-state index in [0.29, 0.717) is 16.8 Å². The van der Waals surface area contributed by atoms with Gasteiger partial charge in [0.15, 0.2) is 0 Å². The van der Waals surface area contributed by atoms with Gasteiger partial charge in [-0.15, -0.1) is 0 Å². The van der Waals surface area contributed by atoms with Crippen LogP contribution in [0.2, 0.25) is 0 Å². The van der Waals surface area contributed by atoms with Crippen LogP contribution in [0.3, 0.4) is 0 Å². The third-order valence-electron chi connectivity index (χ3n) is 3.66. The van der Waals surface area contributed by atoms with Crippen molar-refractivity contribution in [2.24, 2.45) is 0 Å². The van der Waals surface area contributed by atoms with Gasteiger partial charge in [-0.1, -0.05) is 25.1 Å². The fraction of sp³-hybridized carbons (Fsp3) is 0.235. The number of aryl methyl sites for hydroxylation is 3. The molecule has 0 aliphatic heterocycles. The quantitative estimate of drug-likeness (QED) is 0.879. The van der Waals surface area contributed by atoms with E-state index in [1.807, 2.05) is 19.1 Å². The van der Waals surface area contributed by atoms with E-state index in [9.17, 15) is 18.3 Å². The molecule has 0 heterocycles. The highest BCUT2D eigenvalue weighted by atomic mass is 32.2. The molecule has 122 valence electrons. The smallest absolute Gasteiger partial charge is 0.335 e. The SMILES string of the molecule is CCc1ccc(NS(=O)(=O)c2cc(C(=O)O)c(C)cc2C)cc1. The second-order valence-electron chi connectivity index (χ2n) is 5.39. The zero-order chi connectivity index (χ0) is 17.2. The summed E-state index contributed by atoms with van der Waals surface area (Å²) in [4.78, 5) is 11.2. The number of benzene rings is 2. The maximum absolute atomic E-state index is 12.6. The van der Waals surface area contributed by atoms with E-state index in [-0.39, 0.29) is 10.5 Å². The summed E-state index contributed by atoms with van der Waals surface area (Å²) in [5, 5.41) is 9.18. The highest BCUT2D eigenvalue weighted by Crippen LogP contribution is 2.23. The zero-order valence-corrected chi connectivity index (χ0v) is 14.1. The molecule has 0 spiro atoms. The molecule has 0 atom stereocenters. The molecule has 0 saturated heterocycles. The first kappa shape index (κ1) is 17.0. The van der Waals surface area contributed by atoms with E-state index in [4.69, 9.17) is 0 Å². The summed E-state index contributed by atoms with van der Waals surface area (Å²) in [7, 11) is -3.85. The highest BCUT2D eigenvalue weighted by Gasteiger charge is 2.20. The number of hydrogen-bond donors (Lipinski definition) is 2. The minimum Gasteiger partial charge on any atom is -0.478 e. The summed E-state index contributed by atoms with van der Waals surface area (Å²) in [6.45, 7) is 5.30. The Hall–Kier alpha value is -2.34. The first-order valence-corrected chi connectivity index (χ1v) is 8.69. The minimum atomic E-state index is -3.85. The molecule has 0 aromatic heterocycles. The average molecular weight is 333 g/mol. The van der Waals surface area contributed by atoms with Crippen molar-refractivity contribution in [3.63, 3.8) is 0 Å². The number of hydrogen-bond acceptors (Lipinski definition) is 3. The molecular weight excluding hydrogens is 314 g/mol. The van der Waals surface area contributed by atoms with Gasteiger partial charge in [0.05, 0.1) is 10.5 Å². The summed E-state index contributed by atoms with van der Waals surface area (Å²) in [5.41, 5.74) is 2.57. The molecule has 0 bridgehead atoms. The molecule has 0 aliphatic rings. The first-order chi connectivity index (χ1) is 10.7. The van der Waals surface area contributed by atoms with Crippen molar-refractivity contribution in [2.45, 2.75) is 32.1 Å². The van der Waals surface area contributed by atoms with Crippen molar-refractivity contribution >= 4 is 21.7 Å². The number of nitrogens with one attached hydrogen (secondary N) is 1. The predicted molar refractivity (Wildman–Crippen MR) is 89.5 cm³/mol. The van der Waals surface area contributed by atoms with E-state index >= 15 is 0 Å². The molecule has 6 heteroatoms. The van der Waals surface area contributed by atoms with Gasteiger partial charge in [0.1, 0.15) is 0 Å². The molecule has 23 heavy (non-hydrogen) atoms. The van der Waals surface area contributed by atoms with Gasteiger partial charge in [0.2, 0.25) is 0 Å². The van der Waals surface area contributed by atoms with Gasteiger partial charge in [0.25, 0.3) is 10.0 Å². The number of carboxylic acids is 1. The van der Waals surface area contributed by atoms with Crippen LogP contribution in [0.25, 0.3) is 0 Å². The van der Waals surface area contributed by atoms with Crippen molar-refractivity contribution in [3.05, 3.63) is 58.7 Å². The van der Waals surface area contributed by atoms with Crippen molar-refractivity contribution in [1.29, 1.82) is 0 Å². The number of sulfonamides is 1. The topological polar surface area (TPSA) is 83.5 Å². The van der Waals surface area contributed by atoms with Gasteiger partial charge >= 0.3 is 5.97 Å². The fourth-order valence-electron chi connectivity index (χ4n) is 2.37. The van der Waals surface area contributed by atoms with Crippen molar-refractivity contribution < 1.29 is 18.3 Å². The summed E-state index contributed by atoms with van der Waals surface area (Å²) in [5.74, 6) is -1.15. The van der Waals surface area contributed by atoms with Crippen molar-refractivity contribution in [1.82, 2.24) is 0 Å². The van der Waals surface area contributed by atoms with Crippen molar-refractivity contribution in [3.8, 4) is 0 Å². The summed E-state index contributed by atoms with van der Waals surface area (Å²) in [6.07, 6.45) is 0.867. The molecule has 2 aromatic carbocycles. The largest absolute Gasteiger partial charge is 0.478 e. The van der Waals surface area contributed by atoms with E-state index in [1.165, 1.54) is 6.07 Å². The number of rotatable bonds is 5. The third kappa shape index (κ3) is 3.71. The lowest BCUT2D eigenvalue weighted by Gasteiger charge is -2.13. The van der Waals surface area contributed by atoms with Crippen LogP contribution in [0.15, 0.2) is 41.3 Å². The first-order valence-electron chi connectivity index (χ1n) is 7.21. The van der Waals surface area contributed by atoms with E-state index in [2.05, 4.69) is 4.72 Å². The van der Waals surface area contributed by atoms with Gasteiger partial charge in [-0.2, -0.15) is 0 Å². The van der Waals surface area contributed by atoms with Crippen LogP contribution < -0.4 is 4.72 Å². The molecule has 0 aliphatic carbocycles. The molecular formula is C17H19NO4S. The van der Waals surface area contributed by atoms with Gasteiger partial charge in [-0.3, -0.25) is 4.72 Å². The molecule has 0 saturated carbocycles. The Bertz CT molecular complexity index is 840. The lowest BCUT2D eigenvalue weighted by Crippen LogP contribution is -2.16. The molecule has 2 rings (SSSR count). The fourth-order valence-corrected chi connectivity index (χ4v) is 3.68. The second kappa shape index (κ2) is 6.42. The molecule has 0 fully saturated rings. The van der Waals surface area contributed by atoms with Crippen LogP contribution in [0.4, 0.5) is 5.69 Å². The zero-order valence-electron chi connectivity index (χ0n) is 13.3. The minimum absolute atomic E-state index is 0.0164. The lowest BCUT2D eigenvalue weighted by atomic mass is 10.1. The number of carbonyl (C=O) groups is 1. The Kier molecular flexibility index (Phi) is 4.75. The summed E-state index contributed by atoms with van der Waals surface area (Å²) >= 11 is 0. The van der Waals surface area contributed by atoms with E-state index < -0.39 is 16.0 Å². The molecule has 0 unspecified atom stereocenters. The van der Waals surface area contributed by atoms with E-state index in [0.717, 1.165) is 12.0 Å². The van der Waals surface area contributed by atoms with Crippen LogP contribution in [0.1, 0.15) is 34.0 Å². The van der Waals surface area contributed by atoms with Crippen molar-refractivity contribution in [2.75, 3.05) is 4.72 Å². The number of carboxylic acid groups (broad SMARTS) is 1. The maximum Gasteiger partial charge on any atom is 0.335 e. The standard InChI is InChI=1S/C17H19NO4S/c1-4-13-5-7-14(8-6-13)18-23(21,22)16-10-15(17(19)20)11(2)9-12(16)3/h5-10,18H,4H2,1-3H3,(H,19,20). The van der Waals surface area contributed by atoms with Crippen LogP contribution in [-0.2, 0) is 16.4 Å². The molecule has 2 N–H and O–H groups in total. The normalized spacial score (nSPS) is 11.3. The number of anilines is 1. The van der Waals surface area contributed by atoms with Gasteiger partial charge in [-0.25, -0.2) is 13.2 Å².